The largest absolute Gasteiger partial charge is 0.480 e. The van der Waals surface area contributed by atoms with Gasteiger partial charge in [0.15, 0.2) is 0 Å². The van der Waals surface area contributed by atoms with Crippen LogP contribution in [-0.4, -0.2) is 29.1 Å². The van der Waals surface area contributed by atoms with Gasteiger partial charge in [-0.1, -0.05) is 45.0 Å². The Bertz CT molecular complexity index is 445. The summed E-state index contributed by atoms with van der Waals surface area (Å²) in [5.74, 6) is 0.390. The average Bonchev–Trinajstić information content (AvgIpc) is 2.38. The van der Waals surface area contributed by atoms with Gasteiger partial charge in [-0.05, 0) is 35.8 Å². The van der Waals surface area contributed by atoms with Gasteiger partial charge in [0, 0.05) is 13.1 Å². The predicted octanol–water partition coefficient (Wildman–Crippen LogP) is 3.35. The van der Waals surface area contributed by atoms with E-state index in [1.807, 2.05) is 24.3 Å². The second kappa shape index (κ2) is 6.40. The summed E-state index contributed by atoms with van der Waals surface area (Å²) in [5.41, 5.74) is 2.15. The van der Waals surface area contributed by atoms with Crippen LogP contribution in [0.2, 0.25) is 0 Å². The molecule has 20 heavy (non-hydrogen) atoms. The number of carbonyl (C=O) groups is 1. The summed E-state index contributed by atoms with van der Waals surface area (Å²) in [5, 5.41) is 9.64. The monoisotopic (exact) mass is 275 g/mol. The van der Waals surface area contributed by atoms with Crippen LogP contribution in [-0.2, 0) is 11.2 Å². The first kappa shape index (κ1) is 15.0. The standard InChI is InChI=1S/C17H25NO2/c1-4-14-5-7-15(8-6-14)16(17(19)20)18-10-12(2)9-13(3)11-18/h5-8,12-13,16H,4,9-11H2,1-3H3,(H,19,20). The van der Waals surface area contributed by atoms with Crippen molar-refractivity contribution in [1.29, 1.82) is 0 Å². The summed E-state index contributed by atoms with van der Waals surface area (Å²) in [6.45, 7) is 8.27. The van der Waals surface area contributed by atoms with Crippen molar-refractivity contribution in [2.75, 3.05) is 13.1 Å². The maximum absolute atomic E-state index is 11.7. The van der Waals surface area contributed by atoms with Crippen LogP contribution in [0, 0.1) is 11.8 Å². The van der Waals surface area contributed by atoms with Gasteiger partial charge in [0.05, 0.1) is 0 Å². The van der Waals surface area contributed by atoms with Crippen LogP contribution in [0.3, 0.4) is 0 Å². The van der Waals surface area contributed by atoms with Gasteiger partial charge in [-0.2, -0.15) is 0 Å². The summed E-state index contributed by atoms with van der Waals surface area (Å²) >= 11 is 0. The van der Waals surface area contributed by atoms with Crippen LogP contribution >= 0.6 is 0 Å². The molecular formula is C17H25NO2. The maximum atomic E-state index is 11.7. The Balaban J connectivity index is 2.23. The molecule has 0 saturated carbocycles. The molecule has 3 nitrogen and oxygen atoms in total. The Morgan fingerprint density at radius 2 is 1.80 bits per heavy atom. The van der Waals surface area contributed by atoms with Crippen molar-refractivity contribution in [2.45, 2.75) is 39.7 Å². The van der Waals surface area contributed by atoms with Crippen molar-refractivity contribution in [1.82, 2.24) is 4.90 Å². The fourth-order valence-corrected chi connectivity index (χ4v) is 3.37. The van der Waals surface area contributed by atoms with Crippen LogP contribution in [0.1, 0.15) is 44.4 Å². The molecule has 110 valence electrons. The Kier molecular flexibility index (Phi) is 4.81. The minimum atomic E-state index is -0.740. The zero-order valence-electron chi connectivity index (χ0n) is 12.7. The van der Waals surface area contributed by atoms with Gasteiger partial charge in [-0.15, -0.1) is 0 Å². The normalized spacial score (nSPS) is 25.4. The first-order valence-electron chi connectivity index (χ1n) is 7.57. The van der Waals surface area contributed by atoms with Crippen molar-refractivity contribution >= 4 is 5.97 Å². The molecular weight excluding hydrogens is 250 g/mol. The second-order valence-corrected chi connectivity index (χ2v) is 6.24. The van der Waals surface area contributed by atoms with Gasteiger partial charge in [-0.25, -0.2) is 0 Å². The number of aryl methyl sites for hydroxylation is 1. The van der Waals surface area contributed by atoms with E-state index in [1.165, 1.54) is 12.0 Å². The Morgan fingerprint density at radius 1 is 1.25 bits per heavy atom. The third-order valence-electron chi connectivity index (χ3n) is 4.20. The van der Waals surface area contributed by atoms with E-state index in [2.05, 4.69) is 25.7 Å². The number of hydrogen-bond donors (Lipinski definition) is 1. The van der Waals surface area contributed by atoms with E-state index in [0.29, 0.717) is 11.8 Å². The molecule has 1 heterocycles. The molecule has 0 bridgehead atoms. The Labute approximate surface area is 121 Å². The molecule has 1 aromatic rings. The van der Waals surface area contributed by atoms with Crippen LogP contribution in [0.25, 0.3) is 0 Å². The van der Waals surface area contributed by atoms with Crippen molar-refractivity contribution < 1.29 is 9.90 Å². The zero-order chi connectivity index (χ0) is 14.7. The molecule has 3 atom stereocenters. The Hall–Kier alpha value is -1.35. The molecule has 3 heteroatoms. The number of benzene rings is 1. The van der Waals surface area contributed by atoms with E-state index in [9.17, 15) is 9.90 Å². The minimum Gasteiger partial charge on any atom is -0.480 e. The Morgan fingerprint density at radius 3 is 2.25 bits per heavy atom. The quantitative estimate of drug-likeness (QED) is 0.916. The number of nitrogens with zero attached hydrogens (tertiary/aromatic N) is 1. The van der Waals surface area contributed by atoms with Crippen LogP contribution in [0.15, 0.2) is 24.3 Å². The lowest BCUT2D eigenvalue weighted by molar-refractivity contribution is -0.144. The van der Waals surface area contributed by atoms with Crippen molar-refractivity contribution in [2.24, 2.45) is 11.8 Å². The number of rotatable bonds is 4. The van der Waals surface area contributed by atoms with Crippen molar-refractivity contribution in [3.8, 4) is 0 Å². The third kappa shape index (κ3) is 3.40. The fraction of sp³-hybridized carbons (Fsp3) is 0.588. The van der Waals surface area contributed by atoms with Crippen LogP contribution in [0.4, 0.5) is 0 Å². The molecule has 0 aliphatic carbocycles. The number of carboxylic acid groups (broad SMARTS) is 1. The fourth-order valence-electron chi connectivity index (χ4n) is 3.37. The summed E-state index contributed by atoms with van der Waals surface area (Å²) in [4.78, 5) is 13.9. The average molecular weight is 275 g/mol. The van der Waals surface area contributed by atoms with Gasteiger partial charge < -0.3 is 5.11 Å². The lowest BCUT2D eigenvalue weighted by Crippen LogP contribution is -2.43. The minimum absolute atomic E-state index is 0.508. The highest BCUT2D eigenvalue weighted by Crippen LogP contribution is 2.29. The number of aliphatic carboxylic acids is 1. The summed E-state index contributed by atoms with van der Waals surface area (Å²) in [6.07, 6.45) is 2.17. The van der Waals surface area contributed by atoms with E-state index in [1.54, 1.807) is 0 Å². The van der Waals surface area contributed by atoms with Crippen LogP contribution < -0.4 is 0 Å². The molecule has 3 unspecified atom stereocenters. The molecule has 1 saturated heterocycles. The molecule has 0 amide bonds. The molecule has 1 aliphatic heterocycles. The highest BCUT2D eigenvalue weighted by molar-refractivity contribution is 5.75. The molecule has 1 aliphatic rings. The molecule has 1 N–H and O–H groups in total. The number of hydrogen-bond acceptors (Lipinski definition) is 2. The first-order valence-corrected chi connectivity index (χ1v) is 7.57. The van der Waals surface area contributed by atoms with E-state index < -0.39 is 12.0 Å². The van der Waals surface area contributed by atoms with Crippen LogP contribution in [0.5, 0.6) is 0 Å². The van der Waals surface area contributed by atoms with Gasteiger partial charge >= 0.3 is 5.97 Å². The molecule has 2 rings (SSSR count). The lowest BCUT2D eigenvalue weighted by Gasteiger charge is -2.38. The maximum Gasteiger partial charge on any atom is 0.325 e. The van der Waals surface area contributed by atoms with E-state index in [0.717, 1.165) is 25.1 Å². The third-order valence-corrected chi connectivity index (χ3v) is 4.20. The SMILES string of the molecule is CCc1ccc(C(C(=O)O)N2CC(C)CC(C)C2)cc1. The van der Waals surface area contributed by atoms with E-state index in [4.69, 9.17) is 0 Å². The molecule has 1 fully saturated rings. The summed E-state index contributed by atoms with van der Waals surface area (Å²) < 4.78 is 0. The highest BCUT2D eigenvalue weighted by atomic mass is 16.4. The number of piperidine rings is 1. The van der Waals surface area contributed by atoms with Gasteiger partial charge in [-0.3, -0.25) is 9.69 Å². The van der Waals surface area contributed by atoms with Gasteiger partial charge in [0.2, 0.25) is 0 Å². The number of carboxylic acids is 1. The number of likely N-dealkylation sites (tertiary alicyclic amines) is 1. The summed E-state index contributed by atoms with van der Waals surface area (Å²) in [7, 11) is 0. The van der Waals surface area contributed by atoms with Gasteiger partial charge in [0.25, 0.3) is 0 Å². The lowest BCUT2D eigenvalue weighted by atomic mass is 9.89. The first-order chi connectivity index (χ1) is 9.51. The second-order valence-electron chi connectivity index (χ2n) is 6.24. The molecule has 1 aromatic carbocycles. The molecule has 0 radical (unpaired) electrons. The van der Waals surface area contributed by atoms with Gasteiger partial charge in [0.1, 0.15) is 6.04 Å². The van der Waals surface area contributed by atoms with E-state index >= 15 is 0 Å². The smallest absolute Gasteiger partial charge is 0.325 e. The predicted molar refractivity (Wildman–Crippen MR) is 80.7 cm³/mol. The molecule has 0 spiro atoms. The zero-order valence-corrected chi connectivity index (χ0v) is 12.7. The topological polar surface area (TPSA) is 40.5 Å². The van der Waals surface area contributed by atoms with Crippen molar-refractivity contribution in [3.05, 3.63) is 35.4 Å². The highest BCUT2D eigenvalue weighted by Gasteiger charge is 2.32. The van der Waals surface area contributed by atoms with E-state index in [-0.39, 0.29) is 0 Å². The molecule has 0 aromatic heterocycles. The van der Waals surface area contributed by atoms with Crippen molar-refractivity contribution in [3.63, 3.8) is 0 Å². The summed E-state index contributed by atoms with van der Waals surface area (Å²) in [6, 6.07) is 7.53.